The summed E-state index contributed by atoms with van der Waals surface area (Å²) in [5.41, 5.74) is 9.32. The fourth-order valence-corrected chi connectivity index (χ4v) is 2.19. The Morgan fingerprint density at radius 1 is 1.29 bits per heavy atom. The largest absolute Gasteiger partial charge is 0.328 e. The monoisotopic (exact) mass is 293 g/mol. The van der Waals surface area contributed by atoms with Crippen LogP contribution in [0.3, 0.4) is 0 Å². The number of imidazole rings is 1. The van der Waals surface area contributed by atoms with Crippen LogP contribution in [0.5, 0.6) is 0 Å². The number of benzene rings is 1. The van der Waals surface area contributed by atoms with Crippen molar-refractivity contribution in [1.82, 2.24) is 9.55 Å². The van der Waals surface area contributed by atoms with Gasteiger partial charge in [-0.2, -0.15) is 0 Å². The summed E-state index contributed by atoms with van der Waals surface area (Å²) in [4.78, 5) is 4.33. The molecule has 2 N–H and O–H groups in total. The molecule has 1 aromatic carbocycles. The zero-order chi connectivity index (χ0) is 12.4. The van der Waals surface area contributed by atoms with Crippen LogP contribution in [0.25, 0.3) is 0 Å². The molecule has 0 bridgehead atoms. The molecule has 0 radical (unpaired) electrons. The van der Waals surface area contributed by atoms with Crippen molar-refractivity contribution < 1.29 is 0 Å². The quantitative estimate of drug-likeness (QED) is 0.946. The Morgan fingerprint density at radius 2 is 1.94 bits per heavy atom. The molecule has 1 heterocycles. The summed E-state index contributed by atoms with van der Waals surface area (Å²) in [5.74, 6) is 0. The highest BCUT2D eigenvalue weighted by molar-refractivity contribution is 9.10. The second-order valence-corrected chi connectivity index (χ2v) is 5.04. The fraction of sp³-hybridized carbons (Fsp3) is 0.308. The second-order valence-electron chi connectivity index (χ2n) is 4.13. The summed E-state index contributed by atoms with van der Waals surface area (Å²) in [6, 6.07) is 8.42. The van der Waals surface area contributed by atoms with Crippen molar-refractivity contribution in [3.05, 3.63) is 52.0 Å². The van der Waals surface area contributed by atoms with Gasteiger partial charge in [0.1, 0.15) is 0 Å². The zero-order valence-electron chi connectivity index (χ0n) is 10.0. The summed E-state index contributed by atoms with van der Waals surface area (Å²) in [5, 5.41) is 0. The highest BCUT2D eigenvalue weighted by atomic mass is 79.9. The minimum absolute atomic E-state index is 0.157. The van der Waals surface area contributed by atoms with Gasteiger partial charge in [0, 0.05) is 16.7 Å². The lowest BCUT2D eigenvalue weighted by atomic mass is 10.1. The highest BCUT2D eigenvalue weighted by Crippen LogP contribution is 2.22. The van der Waals surface area contributed by atoms with Crippen molar-refractivity contribution in [2.24, 2.45) is 5.73 Å². The average molecular weight is 294 g/mol. The number of rotatable bonds is 3. The van der Waals surface area contributed by atoms with Crippen molar-refractivity contribution in [1.29, 1.82) is 0 Å². The molecule has 1 atom stereocenters. The number of hydrogen-bond acceptors (Lipinski definition) is 2. The average Bonchev–Trinajstić information content (AvgIpc) is 2.65. The van der Waals surface area contributed by atoms with Gasteiger partial charge in [-0.05, 0) is 31.5 Å². The molecule has 0 amide bonds. The van der Waals surface area contributed by atoms with E-state index >= 15 is 0 Å². The van der Waals surface area contributed by atoms with Gasteiger partial charge in [-0.1, -0.05) is 28.1 Å². The van der Waals surface area contributed by atoms with Crippen LogP contribution in [0.2, 0.25) is 0 Å². The number of halogens is 1. The topological polar surface area (TPSA) is 43.8 Å². The Kier molecular flexibility index (Phi) is 3.64. The third-order valence-electron chi connectivity index (χ3n) is 3.10. The molecule has 0 fully saturated rings. The summed E-state index contributed by atoms with van der Waals surface area (Å²) < 4.78 is 3.22. The molecular formula is C13H16BrN3. The molecule has 1 aromatic heterocycles. The van der Waals surface area contributed by atoms with Crippen molar-refractivity contribution in [2.45, 2.75) is 19.9 Å². The molecule has 0 spiro atoms. The first-order valence-corrected chi connectivity index (χ1v) is 6.38. The van der Waals surface area contributed by atoms with E-state index in [2.05, 4.69) is 44.5 Å². The van der Waals surface area contributed by atoms with E-state index in [0.29, 0.717) is 6.54 Å². The van der Waals surface area contributed by atoms with Crippen LogP contribution in [0.15, 0.2) is 35.1 Å². The molecule has 17 heavy (non-hydrogen) atoms. The molecule has 4 heteroatoms. The van der Waals surface area contributed by atoms with E-state index in [1.54, 1.807) is 0 Å². The Morgan fingerprint density at radius 3 is 2.41 bits per heavy atom. The molecule has 0 aliphatic rings. The summed E-state index contributed by atoms with van der Waals surface area (Å²) >= 11 is 3.44. The fourth-order valence-electron chi connectivity index (χ4n) is 1.93. The first kappa shape index (κ1) is 12.3. The maximum atomic E-state index is 5.89. The SMILES string of the molecule is Cc1ncn(C(CN)c2ccc(Br)cc2)c1C. The maximum Gasteiger partial charge on any atom is 0.0957 e. The predicted molar refractivity (Wildman–Crippen MR) is 73.0 cm³/mol. The summed E-state index contributed by atoms with van der Waals surface area (Å²) in [6.07, 6.45) is 1.87. The van der Waals surface area contributed by atoms with Crippen LogP contribution in [-0.4, -0.2) is 16.1 Å². The normalized spacial score (nSPS) is 12.7. The van der Waals surface area contributed by atoms with Crippen LogP contribution >= 0.6 is 15.9 Å². The van der Waals surface area contributed by atoms with E-state index in [-0.39, 0.29) is 6.04 Å². The van der Waals surface area contributed by atoms with Crippen molar-refractivity contribution in [3.8, 4) is 0 Å². The maximum absolute atomic E-state index is 5.89. The predicted octanol–water partition coefficient (Wildman–Crippen LogP) is 2.81. The molecule has 3 nitrogen and oxygen atoms in total. The summed E-state index contributed by atoms with van der Waals surface area (Å²) in [6.45, 7) is 4.66. The molecule has 90 valence electrons. The minimum Gasteiger partial charge on any atom is -0.328 e. The van der Waals surface area contributed by atoms with Gasteiger partial charge in [-0.3, -0.25) is 0 Å². The number of nitrogens with two attached hydrogens (primary N) is 1. The van der Waals surface area contributed by atoms with E-state index < -0.39 is 0 Å². The zero-order valence-corrected chi connectivity index (χ0v) is 11.6. The van der Waals surface area contributed by atoms with Gasteiger partial charge in [0.15, 0.2) is 0 Å². The number of nitrogens with zero attached hydrogens (tertiary/aromatic N) is 2. The number of aromatic nitrogens is 2. The van der Waals surface area contributed by atoms with E-state index in [1.807, 2.05) is 25.4 Å². The van der Waals surface area contributed by atoms with Crippen LogP contribution in [0, 0.1) is 13.8 Å². The highest BCUT2D eigenvalue weighted by Gasteiger charge is 2.14. The van der Waals surface area contributed by atoms with Crippen LogP contribution in [-0.2, 0) is 0 Å². The van der Waals surface area contributed by atoms with Gasteiger partial charge in [-0.25, -0.2) is 4.98 Å². The van der Waals surface area contributed by atoms with Gasteiger partial charge >= 0.3 is 0 Å². The van der Waals surface area contributed by atoms with Gasteiger partial charge < -0.3 is 10.3 Å². The van der Waals surface area contributed by atoms with Crippen LogP contribution < -0.4 is 5.73 Å². The van der Waals surface area contributed by atoms with Crippen molar-refractivity contribution in [2.75, 3.05) is 6.54 Å². The van der Waals surface area contributed by atoms with E-state index in [1.165, 1.54) is 11.3 Å². The third-order valence-corrected chi connectivity index (χ3v) is 3.63. The molecule has 0 aliphatic carbocycles. The van der Waals surface area contributed by atoms with Gasteiger partial charge in [0.2, 0.25) is 0 Å². The lowest BCUT2D eigenvalue weighted by Crippen LogP contribution is -2.20. The van der Waals surface area contributed by atoms with Crippen LogP contribution in [0.1, 0.15) is 23.0 Å². The van der Waals surface area contributed by atoms with Crippen molar-refractivity contribution >= 4 is 15.9 Å². The molecule has 1 unspecified atom stereocenters. The smallest absolute Gasteiger partial charge is 0.0957 e. The van der Waals surface area contributed by atoms with E-state index in [4.69, 9.17) is 5.73 Å². The summed E-state index contributed by atoms with van der Waals surface area (Å²) in [7, 11) is 0. The third kappa shape index (κ3) is 2.42. The Bertz CT molecular complexity index is 502. The van der Waals surface area contributed by atoms with Gasteiger partial charge in [0.05, 0.1) is 18.1 Å². The number of aryl methyl sites for hydroxylation is 1. The lowest BCUT2D eigenvalue weighted by molar-refractivity contribution is 0.580. The van der Waals surface area contributed by atoms with E-state index in [9.17, 15) is 0 Å². The second kappa shape index (κ2) is 5.02. The lowest BCUT2D eigenvalue weighted by Gasteiger charge is -2.19. The first-order valence-electron chi connectivity index (χ1n) is 5.59. The number of hydrogen-bond donors (Lipinski definition) is 1. The molecule has 0 saturated heterocycles. The van der Waals surface area contributed by atoms with E-state index in [0.717, 1.165) is 10.2 Å². The molecule has 0 aliphatic heterocycles. The Balaban J connectivity index is 2.40. The van der Waals surface area contributed by atoms with Gasteiger partial charge in [-0.15, -0.1) is 0 Å². The van der Waals surface area contributed by atoms with Crippen LogP contribution in [0.4, 0.5) is 0 Å². The Hall–Kier alpha value is -1.13. The molecule has 2 aromatic rings. The molecule has 2 rings (SSSR count). The Labute approximate surface area is 110 Å². The first-order chi connectivity index (χ1) is 8.13. The molecular weight excluding hydrogens is 278 g/mol. The molecule has 0 saturated carbocycles. The van der Waals surface area contributed by atoms with Gasteiger partial charge in [0.25, 0.3) is 0 Å². The standard InChI is InChI=1S/C13H16BrN3/c1-9-10(2)17(8-16-9)13(7-15)11-3-5-12(14)6-4-11/h3-6,8,13H,7,15H2,1-2H3. The van der Waals surface area contributed by atoms with Crippen molar-refractivity contribution in [3.63, 3.8) is 0 Å². The minimum atomic E-state index is 0.157.